The first kappa shape index (κ1) is 12.0. The third kappa shape index (κ3) is 2.78. The predicted molar refractivity (Wildman–Crippen MR) is 66.0 cm³/mol. The number of benzene rings is 1. The highest BCUT2D eigenvalue weighted by molar-refractivity contribution is 5.86. The number of rotatable bonds is 2. The summed E-state index contributed by atoms with van der Waals surface area (Å²) < 4.78 is 0. The Hall–Kier alpha value is -1.51. The minimum atomic E-state index is -1.11. The van der Waals surface area contributed by atoms with E-state index in [-0.39, 0.29) is 5.56 Å². The molecule has 17 heavy (non-hydrogen) atoms. The minimum Gasteiger partial charge on any atom is -0.545 e. The molecule has 1 saturated heterocycles. The topological polar surface area (TPSA) is 43.4 Å². The van der Waals surface area contributed by atoms with E-state index in [1.54, 1.807) is 12.1 Å². The van der Waals surface area contributed by atoms with Gasteiger partial charge < -0.3 is 14.8 Å². The molecule has 1 aromatic rings. The fraction of sp³-hybridized carbons (Fsp3) is 0.500. The number of aromatic carboxylic acids is 1. The van der Waals surface area contributed by atoms with Crippen LogP contribution in [0.25, 0.3) is 0 Å². The predicted octanol–water partition coefficient (Wildman–Crippen LogP) is 1.68. The van der Waals surface area contributed by atoms with Gasteiger partial charge in [0.1, 0.15) is 0 Å². The van der Waals surface area contributed by atoms with E-state index >= 15 is 0 Å². The molecule has 1 heterocycles. The highest BCUT2D eigenvalue weighted by atomic mass is 16.4. The molecule has 1 aliphatic heterocycles. The zero-order chi connectivity index (χ0) is 12.5. The third-order valence-electron chi connectivity index (χ3n) is 3.59. The van der Waals surface area contributed by atoms with Crippen LogP contribution < -0.4 is 10.0 Å². The van der Waals surface area contributed by atoms with E-state index in [4.69, 9.17) is 0 Å². The Kier molecular flexibility index (Phi) is 3.09. The Morgan fingerprint density at radius 1 is 1.18 bits per heavy atom. The molecule has 0 radical (unpaired) electrons. The van der Waals surface area contributed by atoms with Crippen molar-refractivity contribution in [1.82, 2.24) is 0 Å². The highest BCUT2D eigenvalue weighted by Crippen LogP contribution is 2.32. The fourth-order valence-electron chi connectivity index (χ4n) is 2.18. The molecule has 2 rings (SSSR count). The van der Waals surface area contributed by atoms with E-state index in [9.17, 15) is 9.90 Å². The fourth-order valence-corrected chi connectivity index (χ4v) is 2.18. The summed E-state index contributed by atoms with van der Waals surface area (Å²) in [5.74, 6) is -1.11. The molecule has 3 nitrogen and oxygen atoms in total. The van der Waals surface area contributed by atoms with Crippen molar-refractivity contribution in [2.24, 2.45) is 5.41 Å². The zero-order valence-corrected chi connectivity index (χ0v) is 10.4. The number of carbonyl (C=O) groups excluding carboxylic acids is 1. The summed E-state index contributed by atoms with van der Waals surface area (Å²) in [7, 11) is 0. The lowest BCUT2D eigenvalue weighted by molar-refractivity contribution is -0.255. The normalized spacial score (nSPS) is 19.1. The van der Waals surface area contributed by atoms with Crippen LogP contribution in [0.15, 0.2) is 24.3 Å². The lowest BCUT2D eigenvalue weighted by atomic mass is 9.82. The summed E-state index contributed by atoms with van der Waals surface area (Å²) in [6.07, 6.45) is 2.35. The minimum absolute atomic E-state index is 0.242. The molecule has 1 aliphatic rings. The summed E-state index contributed by atoms with van der Waals surface area (Å²) in [4.78, 5) is 13.0. The highest BCUT2D eigenvalue weighted by Gasteiger charge is 2.25. The maximum atomic E-state index is 10.6. The van der Waals surface area contributed by atoms with Gasteiger partial charge in [-0.25, -0.2) is 0 Å². The number of hydrogen-bond donors (Lipinski definition) is 0. The number of carbonyl (C=O) groups is 1. The SMILES string of the molecule is CC1(C)CCN(c2ccc(C(=O)[O-])cc2)CC1. The lowest BCUT2D eigenvalue weighted by Crippen LogP contribution is -2.37. The molecule has 0 saturated carbocycles. The summed E-state index contributed by atoms with van der Waals surface area (Å²) in [5.41, 5.74) is 1.78. The van der Waals surface area contributed by atoms with E-state index in [1.165, 1.54) is 12.8 Å². The van der Waals surface area contributed by atoms with Crippen LogP contribution in [0.5, 0.6) is 0 Å². The summed E-state index contributed by atoms with van der Waals surface area (Å²) in [6, 6.07) is 6.96. The van der Waals surface area contributed by atoms with Gasteiger partial charge >= 0.3 is 0 Å². The molecular weight excluding hydrogens is 214 g/mol. The van der Waals surface area contributed by atoms with Crippen LogP contribution in [0.1, 0.15) is 37.0 Å². The average molecular weight is 232 g/mol. The van der Waals surface area contributed by atoms with Crippen molar-refractivity contribution in [2.45, 2.75) is 26.7 Å². The van der Waals surface area contributed by atoms with Crippen LogP contribution in [0.2, 0.25) is 0 Å². The second-order valence-corrected chi connectivity index (χ2v) is 5.49. The Morgan fingerprint density at radius 3 is 2.18 bits per heavy atom. The van der Waals surface area contributed by atoms with Gasteiger partial charge in [0.05, 0.1) is 5.97 Å². The lowest BCUT2D eigenvalue weighted by Gasteiger charge is -2.38. The van der Waals surface area contributed by atoms with Crippen molar-refractivity contribution in [3.63, 3.8) is 0 Å². The van der Waals surface area contributed by atoms with Gasteiger partial charge in [0.25, 0.3) is 0 Å². The molecular formula is C14H18NO2-. The maximum absolute atomic E-state index is 10.6. The standard InChI is InChI=1S/C14H19NO2/c1-14(2)7-9-15(10-8-14)12-5-3-11(4-6-12)13(16)17/h3-6H,7-10H2,1-2H3,(H,16,17)/p-1. The molecule has 0 spiro atoms. The first-order valence-electron chi connectivity index (χ1n) is 6.04. The molecule has 1 fully saturated rings. The van der Waals surface area contributed by atoms with E-state index < -0.39 is 5.97 Å². The molecule has 0 atom stereocenters. The molecule has 0 bridgehead atoms. The van der Waals surface area contributed by atoms with Crippen molar-refractivity contribution in [3.8, 4) is 0 Å². The quantitative estimate of drug-likeness (QED) is 0.779. The zero-order valence-electron chi connectivity index (χ0n) is 10.4. The smallest absolute Gasteiger partial charge is 0.0715 e. The second kappa shape index (κ2) is 4.40. The Balaban J connectivity index is 2.06. The van der Waals surface area contributed by atoms with E-state index in [2.05, 4.69) is 18.7 Å². The average Bonchev–Trinajstić information content (AvgIpc) is 2.29. The van der Waals surface area contributed by atoms with Crippen molar-refractivity contribution in [1.29, 1.82) is 0 Å². The van der Waals surface area contributed by atoms with Crippen LogP contribution in [0.3, 0.4) is 0 Å². The van der Waals surface area contributed by atoms with Gasteiger partial charge in [-0.2, -0.15) is 0 Å². The van der Waals surface area contributed by atoms with Gasteiger partial charge in [0.2, 0.25) is 0 Å². The van der Waals surface area contributed by atoms with Crippen LogP contribution in [0.4, 0.5) is 5.69 Å². The van der Waals surface area contributed by atoms with Gasteiger partial charge in [-0.15, -0.1) is 0 Å². The number of piperidine rings is 1. The van der Waals surface area contributed by atoms with Crippen molar-refractivity contribution in [3.05, 3.63) is 29.8 Å². The summed E-state index contributed by atoms with van der Waals surface area (Å²) in [6.45, 7) is 6.67. The van der Waals surface area contributed by atoms with Gasteiger partial charge in [-0.05, 0) is 36.0 Å². The van der Waals surface area contributed by atoms with Gasteiger partial charge in [0.15, 0.2) is 0 Å². The molecule has 1 aromatic carbocycles. The Morgan fingerprint density at radius 2 is 1.71 bits per heavy atom. The number of carboxylic acid groups (broad SMARTS) is 1. The monoisotopic (exact) mass is 232 g/mol. The Bertz CT molecular complexity index is 399. The van der Waals surface area contributed by atoms with Crippen molar-refractivity contribution < 1.29 is 9.90 Å². The van der Waals surface area contributed by atoms with Gasteiger partial charge in [-0.3, -0.25) is 0 Å². The van der Waals surface area contributed by atoms with Crippen LogP contribution in [-0.4, -0.2) is 19.1 Å². The molecule has 0 amide bonds. The van der Waals surface area contributed by atoms with E-state index in [1.807, 2.05) is 12.1 Å². The first-order chi connectivity index (χ1) is 7.98. The van der Waals surface area contributed by atoms with E-state index in [0.29, 0.717) is 5.41 Å². The third-order valence-corrected chi connectivity index (χ3v) is 3.59. The molecule has 0 N–H and O–H groups in total. The van der Waals surface area contributed by atoms with Gasteiger partial charge in [0, 0.05) is 18.8 Å². The molecule has 0 unspecified atom stereocenters. The molecule has 92 valence electrons. The first-order valence-corrected chi connectivity index (χ1v) is 6.04. The summed E-state index contributed by atoms with van der Waals surface area (Å²) in [5, 5.41) is 10.6. The van der Waals surface area contributed by atoms with Crippen molar-refractivity contribution >= 4 is 11.7 Å². The van der Waals surface area contributed by atoms with E-state index in [0.717, 1.165) is 18.8 Å². The number of hydrogen-bond acceptors (Lipinski definition) is 3. The Labute approximate surface area is 102 Å². The molecule has 0 aliphatic carbocycles. The van der Waals surface area contributed by atoms with Gasteiger partial charge in [-0.1, -0.05) is 26.0 Å². The number of carboxylic acids is 1. The molecule has 0 aromatic heterocycles. The number of nitrogens with zero attached hydrogens (tertiary/aromatic N) is 1. The molecule has 3 heteroatoms. The van der Waals surface area contributed by atoms with Crippen molar-refractivity contribution in [2.75, 3.05) is 18.0 Å². The van der Waals surface area contributed by atoms with Crippen LogP contribution in [0, 0.1) is 5.41 Å². The largest absolute Gasteiger partial charge is 0.545 e. The second-order valence-electron chi connectivity index (χ2n) is 5.49. The maximum Gasteiger partial charge on any atom is 0.0715 e. The van der Waals surface area contributed by atoms with Crippen LogP contribution >= 0.6 is 0 Å². The number of anilines is 1. The van der Waals surface area contributed by atoms with Crippen LogP contribution in [-0.2, 0) is 0 Å². The summed E-state index contributed by atoms with van der Waals surface area (Å²) >= 11 is 0.